The number of benzene rings is 8. The number of hydrogen-bond acceptors (Lipinski definition) is 3. The highest BCUT2D eigenvalue weighted by Crippen LogP contribution is 2.53. The summed E-state index contributed by atoms with van der Waals surface area (Å²) >= 11 is 0. The van der Waals surface area contributed by atoms with Crippen LogP contribution in [0.3, 0.4) is 0 Å². The summed E-state index contributed by atoms with van der Waals surface area (Å²) in [6.45, 7) is 0. The highest BCUT2D eigenvalue weighted by Gasteiger charge is 2.28. The second-order valence-corrected chi connectivity index (χ2v) is 12.0. The topological polar surface area (TPSA) is 29.5 Å². The van der Waals surface area contributed by atoms with E-state index in [2.05, 4.69) is 150 Å². The summed E-state index contributed by atoms with van der Waals surface area (Å²) in [5.41, 5.74) is 8.82. The van der Waals surface area contributed by atoms with E-state index in [4.69, 9.17) is 8.83 Å². The van der Waals surface area contributed by atoms with Crippen molar-refractivity contribution in [3.8, 4) is 11.1 Å². The standard InChI is InChI=1S/C44H27NO2/c1-2-14-28(15-3-1)41-32-19-6-4-16-29(32)30-17-5-7-20-33(30)43(41)45(36-23-13-27-40-42(36)35-21-9-11-26-39(35)46-40)37-24-12-22-34-31-18-8-10-25-38(31)47-44(34)37/h1-27H. The lowest BCUT2D eigenvalue weighted by molar-refractivity contribution is 0.668. The highest BCUT2D eigenvalue weighted by atomic mass is 16.3. The number of fused-ring (bicyclic) bond motifs is 9. The summed E-state index contributed by atoms with van der Waals surface area (Å²) in [4.78, 5) is 2.42. The van der Waals surface area contributed by atoms with Crippen LogP contribution in [0.5, 0.6) is 0 Å². The zero-order chi connectivity index (χ0) is 30.9. The highest BCUT2D eigenvalue weighted by molar-refractivity contribution is 6.25. The third kappa shape index (κ3) is 3.81. The molecule has 0 atom stereocenters. The maximum Gasteiger partial charge on any atom is 0.159 e. The first-order chi connectivity index (χ1) is 23.3. The minimum absolute atomic E-state index is 0.842. The van der Waals surface area contributed by atoms with Gasteiger partial charge in [0.05, 0.1) is 22.4 Å². The van der Waals surface area contributed by atoms with E-state index in [0.717, 1.165) is 77.5 Å². The molecule has 0 radical (unpaired) electrons. The van der Waals surface area contributed by atoms with Gasteiger partial charge in [0.1, 0.15) is 16.7 Å². The van der Waals surface area contributed by atoms with Gasteiger partial charge in [-0.3, -0.25) is 0 Å². The van der Waals surface area contributed by atoms with E-state index in [-0.39, 0.29) is 0 Å². The monoisotopic (exact) mass is 601 g/mol. The summed E-state index contributed by atoms with van der Waals surface area (Å²) in [6, 6.07) is 57.8. The molecule has 8 aromatic carbocycles. The number of para-hydroxylation sites is 3. The SMILES string of the molecule is c1ccc(-c2c(N(c3cccc4c3oc3ccccc34)c3cccc4oc5ccccc5c34)c3ccccc3c3ccccc23)cc1. The Kier molecular flexibility index (Phi) is 5.57. The van der Waals surface area contributed by atoms with Crippen LogP contribution in [-0.2, 0) is 0 Å². The maximum absolute atomic E-state index is 6.77. The molecule has 0 fully saturated rings. The van der Waals surface area contributed by atoms with E-state index in [1.54, 1.807) is 0 Å². The van der Waals surface area contributed by atoms with Crippen molar-refractivity contribution in [1.82, 2.24) is 0 Å². The predicted octanol–water partition coefficient (Wildman–Crippen LogP) is 12.9. The first kappa shape index (κ1) is 26.0. The van der Waals surface area contributed by atoms with E-state index < -0.39 is 0 Å². The van der Waals surface area contributed by atoms with E-state index >= 15 is 0 Å². The molecular weight excluding hydrogens is 574 g/mol. The first-order valence-electron chi connectivity index (χ1n) is 15.9. The number of nitrogens with zero attached hydrogens (tertiary/aromatic N) is 1. The minimum Gasteiger partial charge on any atom is -0.456 e. The second-order valence-electron chi connectivity index (χ2n) is 12.0. The maximum atomic E-state index is 6.77. The Morgan fingerprint density at radius 1 is 0.340 bits per heavy atom. The molecule has 0 bridgehead atoms. The molecule has 0 spiro atoms. The van der Waals surface area contributed by atoms with Crippen molar-refractivity contribution in [3.63, 3.8) is 0 Å². The smallest absolute Gasteiger partial charge is 0.159 e. The lowest BCUT2D eigenvalue weighted by Gasteiger charge is -2.31. The first-order valence-corrected chi connectivity index (χ1v) is 15.9. The van der Waals surface area contributed by atoms with Gasteiger partial charge in [0, 0.05) is 27.1 Å². The molecule has 0 saturated carbocycles. The van der Waals surface area contributed by atoms with Crippen molar-refractivity contribution < 1.29 is 8.83 Å². The van der Waals surface area contributed by atoms with Crippen molar-refractivity contribution in [2.75, 3.05) is 4.90 Å². The Balaban J connectivity index is 1.45. The Morgan fingerprint density at radius 3 is 1.66 bits per heavy atom. The number of rotatable bonds is 4. The van der Waals surface area contributed by atoms with Gasteiger partial charge in [-0.15, -0.1) is 0 Å². The molecule has 47 heavy (non-hydrogen) atoms. The average Bonchev–Trinajstić information content (AvgIpc) is 3.72. The van der Waals surface area contributed by atoms with Gasteiger partial charge in [-0.1, -0.05) is 133 Å². The Labute approximate surface area is 270 Å². The average molecular weight is 602 g/mol. The molecular formula is C44H27NO2. The number of anilines is 3. The largest absolute Gasteiger partial charge is 0.456 e. The molecule has 2 aromatic heterocycles. The van der Waals surface area contributed by atoms with Crippen molar-refractivity contribution in [2.24, 2.45) is 0 Å². The lowest BCUT2D eigenvalue weighted by Crippen LogP contribution is -2.13. The van der Waals surface area contributed by atoms with Crippen molar-refractivity contribution >= 4 is 82.5 Å². The van der Waals surface area contributed by atoms with E-state index in [1.807, 2.05) is 18.2 Å². The van der Waals surface area contributed by atoms with Crippen LogP contribution in [0.25, 0.3) is 76.5 Å². The van der Waals surface area contributed by atoms with E-state index in [0.29, 0.717) is 0 Å². The van der Waals surface area contributed by atoms with Crippen LogP contribution in [0.1, 0.15) is 0 Å². The third-order valence-corrected chi connectivity index (χ3v) is 9.44. The molecule has 0 unspecified atom stereocenters. The van der Waals surface area contributed by atoms with Gasteiger partial charge in [-0.2, -0.15) is 0 Å². The molecule has 10 rings (SSSR count). The van der Waals surface area contributed by atoms with Gasteiger partial charge < -0.3 is 13.7 Å². The summed E-state index contributed by atoms with van der Waals surface area (Å²) in [7, 11) is 0. The molecule has 3 nitrogen and oxygen atoms in total. The molecule has 3 heteroatoms. The lowest BCUT2D eigenvalue weighted by atomic mass is 9.89. The molecule has 0 saturated heterocycles. The van der Waals surface area contributed by atoms with Crippen molar-refractivity contribution in [1.29, 1.82) is 0 Å². The summed E-state index contributed by atoms with van der Waals surface area (Å²) in [6.07, 6.45) is 0. The molecule has 0 N–H and O–H groups in total. The van der Waals surface area contributed by atoms with Crippen molar-refractivity contribution in [2.45, 2.75) is 0 Å². The van der Waals surface area contributed by atoms with Gasteiger partial charge in [-0.25, -0.2) is 0 Å². The van der Waals surface area contributed by atoms with Gasteiger partial charge in [-0.05, 0) is 52.1 Å². The summed E-state index contributed by atoms with van der Waals surface area (Å²) < 4.78 is 13.2. The zero-order valence-corrected chi connectivity index (χ0v) is 25.4. The third-order valence-electron chi connectivity index (χ3n) is 9.44. The van der Waals surface area contributed by atoms with Crippen LogP contribution in [0, 0.1) is 0 Å². The molecule has 220 valence electrons. The van der Waals surface area contributed by atoms with Crippen LogP contribution in [0.15, 0.2) is 173 Å². The Hall–Kier alpha value is -6.32. The van der Waals surface area contributed by atoms with Crippen LogP contribution in [0.4, 0.5) is 17.1 Å². The van der Waals surface area contributed by atoms with Crippen LogP contribution >= 0.6 is 0 Å². The van der Waals surface area contributed by atoms with Gasteiger partial charge in [0.2, 0.25) is 0 Å². The molecule has 0 aliphatic heterocycles. The van der Waals surface area contributed by atoms with Crippen LogP contribution < -0.4 is 4.90 Å². The molecule has 0 aliphatic carbocycles. The molecule has 0 aliphatic rings. The van der Waals surface area contributed by atoms with Gasteiger partial charge >= 0.3 is 0 Å². The predicted molar refractivity (Wildman–Crippen MR) is 196 cm³/mol. The molecule has 0 amide bonds. The van der Waals surface area contributed by atoms with Crippen LogP contribution in [-0.4, -0.2) is 0 Å². The van der Waals surface area contributed by atoms with Crippen LogP contribution in [0.2, 0.25) is 0 Å². The number of hydrogen-bond donors (Lipinski definition) is 0. The normalized spacial score (nSPS) is 11.8. The molecule has 10 aromatic rings. The van der Waals surface area contributed by atoms with E-state index in [1.165, 1.54) is 16.2 Å². The second kappa shape index (κ2) is 10.1. The fourth-order valence-corrected chi connectivity index (χ4v) is 7.47. The minimum atomic E-state index is 0.842. The van der Waals surface area contributed by atoms with Crippen molar-refractivity contribution in [3.05, 3.63) is 164 Å². The fraction of sp³-hybridized carbons (Fsp3) is 0. The number of furan rings is 2. The fourth-order valence-electron chi connectivity index (χ4n) is 7.47. The van der Waals surface area contributed by atoms with Gasteiger partial charge in [0.25, 0.3) is 0 Å². The summed E-state index contributed by atoms with van der Waals surface area (Å²) in [5, 5.41) is 9.09. The van der Waals surface area contributed by atoms with Gasteiger partial charge in [0.15, 0.2) is 5.58 Å². The summed E-state index contributed by atoms with van der Waals surface area (Å²) in [5.74, 6) is 0. The Morgan fingerprint density at radius 2 is 0.872 bits per heavy atom. The van der Waals surface area contributed by atoms with E-state index in [9.17, 15) is 0 Å². The molecule has 2 heterocycles. The zero-order valence-electron chi connectivity index (χ0n) is 25.4. The Bertz CT molecular complexity index is 2810. The quantitative estimate of drug-likeness (QED) is 0.188.